The number of benzene rings is 1. The van der Waals surface area contributed by atoms with Crippen molar-refractivity contribution in [3.05, 3.63) is 66.3 Å². The molecule has 11 atom stereocenters. The minimum Gasteiger partial charge on any atom is -0.456 e. The highest BCUT2D eigenvalue weighted by atomic mass is 16.7. The third-order valence-electron chi connectivity index (χ3n) is 10.8. The molecule has 0 N–H and O–H groups in total. The number of carbonyl (C=O) groups is 5. The van der Waals surface area contributed by atoms with Crippen molar-refractivity contribution in [1.29, 1.82) is 0 Å². The van der Waals surface area contributed by atoms with Gasteiger partial charge in [-0.2, -0.15) is 0 Å². The van der Waals surface area contributed by atoms with Gasteiger partial charge in [0, 0.05) is 31.3 Å². The lowest BCUT2D eigenvalue weighted by Crippen LogP contribution is -2.60. The van der Waals surface area contributed by atoms with E-state index in [2.05, 4.69) is 10.9 Å². The van der Waals surface area contributed by atoms with Crippen LogP contribution in [0.25, 0.3) is 0 Å². The van der Waals surface area contributed by atoms with Crippen molar-refractivity contribution < 1.29 is 52.4 Å². The quantitative estimate of drug-likeness (QED) is 0.152. The molecule has 0 spiro atoms. The zero-order chi connectivity index (χ0) is 41.5. The van der Waals surface area contributed by atoms with E-state index in [9.17, 15) is 24.0 Å². The summed E-state index contributed by atoms with van der Waals surface area (Å²) >= 11 is 0. The normalized spacial score (nSPS) is 33.4. The van der Waals surface area contributed by atoms with Crippen LogP contribution in [0.15, 0.2) is 60.7 Å². The fraction of sp³-hybridized carbons (Fsp3) is 0.571. The molecular weight excluding hydrogens is 722 g/mol. The first-order valence-electron chi connectivity index (χ1n) is 18.9. The number of nitrogens with zero attached hydrogens (tertiary/aromatic N) is 3. The zero-order valence-corrected chi connectivity index (χ0v) is 33.9. The third-order valence-corrected chi connectivity index (χ3v) is 10.8. The Morgan fingerprint density at radius 1 is 1.11 bits per heavy atom. The summed E-state index contributed by atoms with van der Waals surface area (Å²) in [6, 6.07) is 8.20. The third kappa shape index (κ3) is 9.64. The lowest BCUT2D eigenvalue weighted by Gasteiger charge is -2.47. The van der Waals surface area contributed by atoms with Crippen LogP contribution in [0.5, 0.6) is 0 Å². The van der Waals surface area contributed by atoms with Crippen LogP contribution in [-0.4, -0.2) is 113 Å². The van der Waals surface area contributed by atoms with Gasteiger partial charge in [-0.25, -0.2) is 19.1 Å². The molecule has 0 aliphatic carbocycles. The van der Waals surface area contributed by atoms with E-state index in [1.807, 2.05) is 25.9 Å². The van der Waals surface area contributed by atoms with E-state index in [0.29, 0.717) is 12.0 Å². The van der Waals surface area contributed by atoms with Crippen LogP contribution in [0.3, 0.4) is 0 Å². The average Bonchev–Trinajstić information content (AvgIpc) is 3.73. The molecule has 1 saturated heterocycles. The Morgan fingerprint density at radius 3 is 2.36 bits per heavy atom. The Balaban J connectivity index is 1.81. The number of Topliss-reactive ketones (excluding diaryl/α,β-unsaturated/α-hetero) is 2. The van der Waals surface area contributed by atoms with Gasteiger partial charge in [0.1, 0.15) is 12.2 Å². The lowest BCUT2D eigenvalue weighted by molar-refractivity contribution is -0.294. The van der Waals surface area contributed by atoms with Gasteiger partial charge in [-0.1, -0.05) is 44.9 Å². The molecule has 0 amide bonds. The summed E-state index contributed by atoms with van der Waals surface area (Å²) in [5.41, 5.74) is -2.93. The first-order valence-corrected chi connectivity index (χ1v) is 18.9. The second-order valence-electron chi connectivity index (χ2n) is 15.2. The van der Waals surface area contributed by atoms with Crippen LogP contribution in [0, 0.1) is 30.1 Å². The van der Waals surface area contributed by atoms with Crippen LogP contribution in [-0.2, 0) is 42.8 Å². The molecule has 0 saturated carbocycles. The second kappa shape index (κ2) is 18.5. The van der Waals surface area contributed by atoms with Crippen molar-refractivity contribution >= 4 is 29.6 Å². The predicted molar refractivity (Wildman–Crippen MR) is 204 cm³/mol. The van der Waals surface area contributed by atoms with E-state index < -0.39 is 77.4 Å². The lowest BCUT2D eigenvalue weighted by atomic mass is 9.77. The summed E-state index contributed by atoms with van der Waals surface area (Å²) in [5.74, 6) is -3.17. The number of esters is 2. The Bertz CT molecular complexity index is 1790. The van der Waals surface area contributed by atoms with E-state index in [1.165, 1.54) is 45.8 Å². The highest BCUT2D eigenvalue weighted by Gasteiger charge is 2.51. The molecule has 0 radical (unpaired) electrons. The number of cyclic esters (lactones) is 1. The number of methoxy groups -OCH3 is 1. The van der Waals surface area contributed by atoms with Gasteiger partial charge in [0.05, 0.1) is 29.4 Å². The maximum absolute atomic E-state index is 14.4. The van der Waals surface area contributed by atoms with E-state index in [-0.39, 0.29) is 36.3 Å². The van der Waals surface area contributed by atoms with E-state index in [1.54, 1.807) is 58.0 Å². The first-order chi connectivity index (χ1) is 26.4. The molecular formula is C42H55N3O11. The number of allylic oxidation sites excluding steroid dienone is 1. The Morgan fingerprint density at radius 2 is 1.79 bits per heavy atom. The number of ether oxygens (including phenoxy) is 6. The highest BCUT2D eigenvalue weighted by Crippen LogP contribution is 2.38. The summed E-state index contributed by atoms with van der Waals surface area (Å²) in [7, 11) is 5.17. The molecule has 0 bridgehead atoms. The van der Waals surface area contributed by atoms with Crippen LogP contribution < -0.4 is 0 Å². The van der Waals surface area contributed by atoms with Gasteiger partial charge < -0.3 is 33.3 Å². The fourth-order valence-corrected chi connectivity index (χ4v) is 7.56. The predicted octanol–water partition coefficient (Wildman–Crippen LogP) is 5.04. The number of ketones is 2. The van der Waals surface area contributed by atoms with Gasteiger partial charge in [-0.05, 0) is 84.8 Å². The number of carbonyl (C=O) groups excluding carboxylic acids is 5. The Labute approximate surface area is 329 Å². The van der Waals surface area contributed by atoms with Gasteiger partial charge in [0.15, 0.2) is 30.1 Å². The summed E-state index contributed by atoms with van der Waals surface area (Å²) in [6.07, 6.45) is 6.05. The second-order valence-corrected chi connectivity index (χ2v) is 15.2. The van der Waals surface area contributed by atoms with Gasteiger partial charge >= 0.3 is 18.0 Å². The van der Waals surface area contributed by atoms with E-state index in [0.717, 1.165) is 4.57 Å². The van der Waals surface area contributed by atoms with Crippen molar-refractivity contribution in [2.75, 3.05) is 21.2 Å². The van der Waals surface area contributed by atoms with Gasteiger partial charge in [-0.15, -0.1) is 6.42 Å². The number of terminal acetylenes is 1. The van der Waals surface area contributed by atoms with Crippen LogP contribution in [0.2, 0.25) is 0 Å². The van der Waals surface area contributed by atoms with Crippen molar-refractivity contribution in [3.63, 3.8) is 0 Å². The zero-order valence-electron chi connectivity index (χ0n) is 33.9. The molecule has 2 aliphatic rings. The SMILES string of the molecule is C#C[C@]1(OC(=O)n2ccnc2)C=C(C)C(=O)[C@H](C)C[C@](C)(OC)[C@H](OC2O[C@H](C)C[C@H](N(C)C)[C@H]2OC(=O)c2ccccc2)[C@@H](C)C(=O)[C@@H](C)C(=O)O[C@@H]1CC. The smallest absolute Gasteiger partial charge is 0.421 e. The molecule has 56 heavy (non-hydrogen) atoms. The summed E-state index contributed by atoms with van der Waals surface area (Å²) in [4.78, 5) is 75.1. The molecule has 1 fully saturated rings. The van der Waals surface area contributed by atoms with Crippen molar-refractivity contribution in [2.45, 2.75) is 116 Å². The molecule has 304 valence electrons. The number of hydrogen-bond donors (Lipinski definition) is 0. The highest BCUT2D eigenvalue weighted by molar-refractivity contribution is 6.00. The van der Waals surface area contributed by atoms with Crippen molar-refractivity contribution in [3.8, 4) is 12.3 Å². The summed E-state index contributed by atoms with van der Waals surface area (Å²) in [6.45, 7) is 11.5. The number of imidazole rings is 1. The monoisotopic (exact) mass is 777 g/mol. The van der Waals surface area contributed by atoms with Gasteiger partial charge in [0.2, 0.25) is 5.60 Å². The maximum Gasteiger partial charge on any atom is 0.421 e. The Kier molecular flexibility index (Phi) is 14.6. The standard InChI is InChI=1S/C42H55N3O11/c1-12-32-42(13-2,56-40(50)45-20-19-43-24-45)23-26(4)33(46)25(3)22-41(8,51-11)36(28(6)34(47)29(7)37(48)53-32)55-39-35(31(44(9)10)21-27(5)52-39)54-38(49)30-17-15-14-16-18-30/h2,14-20,23-25,27-29,31-32,35-36,39H,12,21-22H2,1,3-11H3/t25-,27-,28+,29-,31+,32-,35-,36-,39?,41+,42+/m1/s1. The van der Waals surface area contributed by atoms with Gasteiger partial charge in [-0.3, -0.25) is 14.4 Å². The minimum absolute atomic E-state index is 0.0254. The largest absolute Gasteiger partial charge is 0.456 e. The summed E-state index contributed by atoms with van der Waals surface area (Å²) < 4.78 is 38.3. The van der Waals surface area contributed by atoms with Crippen LogP contribution >= 0.6 is 0 Å². The number of rotatable bonds is 8. The van der Waals surface area contributed by atoms with E-state index >= 15 is 0 Å². The summed E-state index contributed by atoms with van der Waals surface area (Å²) in [5, 5.41) is 0. The fourth-order valence-electron chi connectivity index (χ4n) is 7.56. The molecule has 3 heterocycles. The molecule has 14 heteroatoms. The molecule has 1 aromatic carbocycles. The molecule has 4 rings (SSSR count). The van der Waals surface area contributed by atoms with Crippen molar-refractivity contribution in [2.24, 2.45) is 17.8 Å². The topological polar surface area (TPSA) is 162 Å². The molecule has 2 aliphatic heterocycles. The maximum atomic E-state index is 14.4. The number of hydrogen-bond acceptors (Lipinski definition) is 13. The van der Waals surface area contributed by atoms with Gasteiger partial charge in [0.25, 0.3) is 0 Å². The van der Waals surface area contributed by atoms with Crippen molar-refractivity contribution in [1.82, 2.24) is 14.5 Å². The van der Waals surface area contributed by atoms with Crippen LogP contribution in [0.4, 0.5) is 4.79 Å². The molecule has 14 nitrogen and oxygen atoms in total. The number of aromatic nitrogens is 2. The van der Waals surface area contributed by atoms with E-state index in [4.69, 9.17) is 34.8 Å². The molecule has 1 unspecified atom stereocenters. The number of likely N-dealkylation sites (N-methyl/N-ethyl adjacent to an activating group) is 1. The molecule has 2 aromatic rings. The minimum atomic E-state index is -2.04. The average molecular weight is 778 g/mol. The first kappa shape index (κ1) is 44.0. The molecule has 1 aromatic heterocycles. The Hall–Kier alpha value is -4.68. The van der Waals surface area contributed by atoms with Crippen LogP contribution in [0.1, 0.15) is 78.1 Å².